The number of benzene rings is 1. The topological polar surface area (TPSA) is 48.0 Å². The number of carbonyl (C=O) groups is 1. The molecule has 5 nitrogen and oxygen atoms in total. The molecule has 1 unspecified atom stereocenters. The number of likely N-dealkylation sites (tertiary alicyclic amines) is 1. The molecule has 1 heterocycles. The molecule has 0 spiro atoms. The molecule has 0 bridgehead atoms. The van der Waals surface area contributed by atoms with Gasteiger partial charge in [0.15, 0.2) is 6.10 Å². The Bertz CT molecular complexity index is 457. The van der Waals surface area contributed by atoms with Gasteiger partial charge in [-0.1, -0.05) is 18.2 Å². The summed E-state index contributed by atoms with van der Waals surface area (Å²) in [5.74, 6) is 1.32. The Kier molecular flexibility index (Phi) is 7.36. The molecule has 1 amide bonds. The molecule has 0 N–H and O–H groups in total. The van der Waals surface area contributed by atoms with Crippen molar-refractivity contribution in [3.8, 4) is 5.75 Å². The van der Waals surface area contributed by atoms with E-state index in [2.05, 4.69) is 0 Å². The quantitative estimate of drug-likeness (QED) is 0.690. The van der Waals surface area contributed by atoms with Crippen LogP contribution in [-0.4, -0.2) is 56.9 Å². The van der Waals surface area contributed by atoms with Gasteiger partial charge in [0.25, 0.3) is 5.91 Å². The molecular formula is C18H27NO4. The lowest BCUT2D eigenvalue weighted by atomic mass is 9.97. The maximum Gasteiger partial charge on any atom is 0.263 e. The van der Waals surface area contributed by atoms with Crippen molar-refractivity contribution in [2.45, 2.75) is 25.9 Å². The van der Waals surface area contributed by atoms with Gasteiger partial charge in [-0.15, -0.1) is 0 Å². The zero-order chi connectivity index (χ0) is 16.5. The number of piperidine rings is 1. The van der Waals surface area contributed by atoms with E-state index < -0.39 is 6.10 Å². The highest BCUT2D eigenvalue weighted by Crippen LogP contribution is 2.19. The van der Waals surface area contributed by atoms with E-state index in [1.54, 1.807) is 7.11 Å². The van der Waals surface area contributed by atoms with Crippen molar-refractivity contribution in [2.24, 2.45) is 5.92 Å². The number of carbonyl (C=O) groups excluding carboxylic acids is 1. The first kappa shape index (κ1) is 17.8. The molecule has 1 aliphatic rings. The predicted octanol–water partition coefficient (Wildman–Crippen LogP) is 2.36. The monoisotopic (exact) mass is 321 g/mol. The lowest BCUT2D eigenvalue weighted by Gasteiger charge is -2.33. The average Bonchev–Trinajstić information content (AvgIpc) is 2.59. The second-order valence-electron chi connectivity index (χ2n) is 5.91. The van der Waals surface area contributed by atoms with Gasteiger partial charge in [0.05, 0.1) is 13.2 Å². The van der Waals surface area contributed by atoms with Gasteiger partial charge < -0.3 is 19.1 Å². The van der Waals surface area contributed by atoms with Crippen molar-refractivity contribution in [2.75, 3.05) is 40.0 Å². The van der Waals surface area contributed by atoms with Crippen molar-refractivity contribution in [1.29, 1.82) is 0 Å². The highest BCUT2D eigenvalue weighted by atomic mass is 16.5. The minimum atomic E-state index is -0.452. The molecule has 0 saturated carbocycles. The number of ether oxygens (including phenoxy) is 3. The fourth-order valence-electron chi connectivity index (χ4n) is 2.72. The van der Waals surface area contributed by atoms with Crippen LogP contribution in [0, 0.1) is 5.92 Å². The maximum absolute atomic E-state index is 12.5. The smallest absolute Gasteiger partial charge is 0.263 e. The lowest BCUT2D eigenvalue weighted by Crippen LogP contribution is -2.45. The Morgan fingerprint density at radius 3 is 2.57 bits per heavy atom. The summed E-state index contributed by atoms with van der Waals surface area (Å²) in [4.78, 5) is 14.4. The largest absolute Gasteiger partial charge is 0.481 e. The second-order valence-corrected chi connectivity index (χ2v) is 5.91. The van der Waals surface area contributed by atoms with Gasteiger partial charge in [-0.2, -0.15) is 0 Å². The Hall–Kier alpha value is -1.59. The number of hydrogen-bond acceptors (Lipinski definition) is 4. The summed E-state index contributed by atoms with van der Waals surface area (Å²) < 4.78 is 16.3. The van der Waals surface area contributed by atoms with Crippen LogP contribution in [0.3, 0.4) is 0 Å². The first-order valence-electron chi connectivity index (χ1n) is 8.28. The third-order valence-corrected chi connectivity index (χ3v) is 4.12. The summed E-state index contributed by atoms with van der Waals surface area (Å²) in [6.07, 6.45) is 1.51. The summed E-state index contributed by atoms with van der Waals surface area (Å²) in [5, 5.41) is 0. The Labute approximate surface area is 138 Å². The SMILES string of the molecule is COCCOCC1CCN(C(=O)C(C)Oc2ccccc2)CC1. The summed E-state index contributed by atoms with van der Waals surface area (Å²) in [7, 11) is 1.67. The molecule has 0 radical (unpaired) electrons. The van der Waals surface area contributed by atoms with E-state index >= 15 is 0 Å². The van der Waals surface area contributed by atoms with Gasteiger partial charge in [-0.25, -0.2) is 0 Å². The molecule has 2 rings (SSSR count). The summed E-state index contributed by atoms with van der Waals surface area (Å²) in [5.41, 5.74) is 0. The van der Waals surface area contributed by atoms with E-state index in [9.17, 15) is 4.79 Å². The van der Waals surface area contributed by atoms with Gasteiger partial charge in [0.2, 0.25) is 0 Å². The van der Waals surface area contributed by atoms with Crippen LogP contribution in [0.25, 0.3) is 0 Å². The molecule has 5 heteroatoms. The number of para-hydroxylation sites is 1. The fourth-order valence-corrected chi connectivity index (χ4v) is 2.72. The number of nitrogens with zero attached hydrogens (tertiary/aromatic N) is 1. The van der Waals surface area contributed by atoms with Crippen LogP contribution in [0.15, 0.2) is 30.3 Å². The highest BCUT2D eigenvalue weighted by molar-refractivity contribution is 5.81. The van der Waals surface area contributed by atoms with E-state index in [0.717, 1.165) is 38.3 Å². The Balaban J connectivity index is 1.70. The molecule has 1 aliphatic heterocycles. The first-order chi connectivity index (χ1) is 11.2. The molecular weight excluding hydrogens is 294 g/mol. The zero-order valence-electron chi connectivity index (χ0n) is 14.1. The molecule has 1 aromatic carbocycles. The van der Waals surface area contributed by atoms with Crippen LogP contribution in [0.5, 0.6) is 5.75 Å². The third kappa shape index (κ3) is 5.84. The molecule has 0 aliphatic carbocycles. The number of rotatable bonds is 8. The van der Waals surface area contributed by atoms with Crippen LogP contribution in [-0.2, 0) is 14.3 Å². The second kappa shape index (κ2) is 9.53. The van der Waals surface area contributed by atoms with Crippen LogP contribution in [0.4, 0.5) is 0 Å². The molecule has 128 valence electrons. The van der Waals surface area contributed by atoms with E-state index in [1.165, 1.54) is 0 Å². The lowest BCUT2D eigenvalue weighted by molar-refractivity contribution is -0.139. The summed E-state index contributed by atoms with van der Waals surface area (Å²) in [6.45, 7) is 5.39. The van der Waals surface area contributed by atoms with Crippen LogP contribution in [0.2, 0.25) is 0 Å². The van der Waals surface area contributed by atoms with Gasteiger partial charge in [-0.3, -0.25) is 4.79 Å². The maximum atomic E-state index is 12.5. The minimum absolute atomic E-state index is 0.0626. The standard InChI is InChI=1S/C18H27NO4/c1-15(23-17-6-4-3-5-7-17)18(20)19-10-8-16(9-11-19)14-22-13-12-21-2/h3-7,15-16H,8-14H2,1-2H3. The molecule has 0 aromatic heterocycles. The van der Waals surface area contributed by atoms with Gasteiger partial charge in [-0.05, 0) is 37.8 Å². The van der Waals surface area contributed by atoms with Gasteiger partial charge in [0.1, 0.15) is 5.75 Å². The van der Waals surface area contributed by atoms with E-state index in [-0.39, 0.29) is 5.91 Å². The van der Waals surface area contributed by atoms with E-state index in [0.29, 0.717) is 19.1 Å². The van der Waals surface area contributed by atoms with E-state index in [4.69, 9.17) is 14.2 Å². The summed E-state index contributed by atoms with van der Waals surface area (Å²) in [6, 6.07) is 9.47. The molecule has 1 atom stereocenters. The summed E-state index contributed by atoms with van der Waals surface area (Å²) >= 11 is 0. The molecule has 23 heavy (non-hydrogen) atoms. The normalized spacial score (nSPS) is 17.0. The average molecular weight is 321 g/mol. The van der Waals surface area contributed by atoms with Crippen LogP contribution in [0.1, 0.15) is 19.8 Å². The molecule has 1 fully saturated rings. The Morgan fingerprint density at radius 2 is 1.91 bits per heavy atom. The fraction of sp³-hybridized carbons (Fsp3) is 0.611. The van der Waals surface area contributed by atoms with Crippen molar-refractivity contribution in [3.63, 3.8) is 0 Å². The number of amides is 1. The molecule has 1 saturated heterocycles. The van der Waals surface area contributed by atoms with E-state index in [1.807, 2.05) is 42.2 Å². The van der Waals surface area contributed by atoms with Crippen LogP contribution >= 0.6 is 0 Å². The van der Waals surface area contributed by atoms with Crippen LogP contribution < -0.4 is 4.74 Å². The van der Waals surface area contributed by atoms with Gasteiger partial charge >= 0.3 is 0 Å². The van der Waals surface area contributed by atoms with Crippen molar-refractivity contribution in [1.82, 2.24) is 4.90 Å². The number of methoxy groups -OCH3 is 1. The van der Waals surface area contributed by atoms with Gasteiger partial charge in [0, 0.05) is 26.8 Å². The molecule has 1 aromatic rings. The first-order valence-corrected chi connectivity index (χ1v) is 8.28. The Morgan fingerprint density at radius 1 is 1.22 bits per heavy atom. The van der Waals surface area contributed by atoms with Crippen molar-refractivity contribution in [3.05, 3.63) is 30.3 Å². The zero-order valence-corrected chi connectivity index (χ0v) is 14.1. The number of hydrogen-bond donors (Lipinski definition) is 0. The van der Waals surface area contributed by atoms with Crippen molar-refractivity contribution >= 4 is 5.91 Å². The van der Waals surface area contributed by atoms with Crippen molar-refractivity contribution < 1.29 is 19.0 Å². The predicted molar refractivity (Wildman–Crippen MR) is 88.5 cm³/mol. The third-order valence-electron chi connectivity index (χ3n) is 4.12. The minimum Gasteiger partial charge on any atom is -0.481 e. The highest BCUT2D eigenvalue weighted by Gasteiger charge is 2.27.